The average Bonchev–Trinajstić information content (AvgIpc) is 2.84. The fraction of sp³-hybridized carbons (Fsp3) is 0.880. The topological polar surface area (TPSA) is 35.5 Å². The molecule has 0 aromatic heterocycles. The largest absolute Gasteiger partial charge is 0.414 e. The molecule has 0 aliphatic heterocycles. The molecule has 5 heteroatoms. The molecule has 0 saturated heterocycles. The molecule has 2 unspecified atom stereocenters. The fourth-order valence-electron chi connectivity index (χ4n) is 7.52. The van der Waals surface area contributed by atoms with E-state index < -0.39 is 16.6 Å². The van der Waals surface area contributed by atoms with Gasteiger partial charge in [0, 0.05) is 11.5 Å². The molecular weight excluding hydrogens is 404 g/mol. The Morgan fingerprint density at radius 2 is 1.53 bits per heavy atom. The van der Waals surface area contributed by atoms with Crippen molar-refractivity contribution in [2.24, 2.45) is 28.6 Å². The minimum atomic E-state index is -1.72. The smallest absolute Gasteiger partial charge is 0.184 e. The lowest BCUT2D eigenvalue weighted by molar-refractivity contribution is -0.136. The van der Waals surface area contributed by atoms with Crippen LogP contribution in [-0.2, 0) is 13.6 Å². The quantitative estimate of drug-likeness (QED) is 0.360. The maximum Gasteiger partial charge on any atom is 0.184 e. The van der Waals surface area contributed by atoms with Crippen LogP contribution in [0.25, 0.3) is 0 Å². The van der Waals surface area contributed by atoms with Crippen molar-refractivity contribution in [3.8, 4) is 0 Å². The number of fused-ring (bicyclic) bond motifs is 5. The van der Waals surface area contributed by atoms with Gasteiger partial charge < -0.3 is 8.85 Å². The standard InChI is InChI=1S/C25H44O3Si2/c1-24-13-11-18(27-29(3,4)5)15-17(24)9-10-19-20(24)12-14-25(2)21(19)16-22(23(25)26)28-30(6,7)8/h9,18-22H,10-16H2,1-8H3/t18?,19-,20+,21+,22?,24+,25+/m1/s1. The monoisotopic (exact) mass is 448 g/mol. The van der Waals surface area contributed by atoms with Gasteiger partial charge in [0.1, 0.15) is 6.10 Å². The molecule has 170 valence electrons. The van der Waals surface area contributed by atoms with Crippen molar-refractivity contribution in [2.75, 3.05) is 0 Å². The van der Waals surface area contributed by atoms with Crippen molar-refractivity contribution < 1.29 is 13.6 Å². The summed E-state index contributed by atoms with van der Waals surface area (Å²) in [5, 5.41) is 0. The molecule has 4 rings (SSSR count). The van der Waals surface area contributed by atoms with Gasteiger partial charge in [-0.25, -0.2) is 0 Å². The maximum absolute atomic E-state index is 13.4. The van der Waals surface area contributed by atoms with Gasteiger partial charge in [-0.05, 0) is 107 Å². The number of hydrogen-bond donors (Lipinski definition) is 0. The molecule has 4 aliphatic rings. The van der Waals surface area contributed by atoms with Gasteiger partial charge in [0.2, 0.25) is 0 Å². The van der Waals surface area contributed by atoms with E-state index in [1.54, 1.807) is 5.57 Å². The van der Waals surface area contributed by atoms with Crippen LogP contribution in [0.2, 0.25) is 39.3 Å². The molecule has 0 radical (unpaired) electrons. The Kier molecular flexibility index (Phi) is 5.65. The Hall–Kier alpha value is -0.236. The van der Waals surface area contributed by atoms with Crippen molar-refractivity contribution in [1.82, 2.24) is 0 Å². The highest BCUT2D eigenvalue weighted by atomic mass is 28.4. The Bertz CT molecular complexity index is 734. The molecular formula is C25H44O3Si2. The van der Waals surface area contributed by atoms with Crippen LogP contribution in [0.5, 0.6) is 0 Å². The first kappa shape index (κ1) is 22.9. The van der Waals surface area contributed by atoms with Crippen LogP contribution in [0.1, 0.15) is 58.8 Å². The summed E-state index contributed by atoms with van der Waals surface area (Å²) in [7, 11) is -3.22. The van der Waals surface area contributed by atoms with Gasteiger partial charge in [0.05, 0.1) is 0 Å². The molecule has 0 aromatic carbocycles. The lowest BCUT2D eigenvalue weighted by Crippen LogP contribution is -2.51. The molecule has 3 nitrogen and oxygen atoms in total. The Morgan fingerprint density at radius 3 is 2.17 bits per heavy atom. The number of carbonyl (C=O) groups is 1. The van der Waals surface area contributed by atoms with Gasteiger partial charge in [-0.2, -0.15) is 0 Å². The first-order chi connectivity index (χ1) is 13.7. The van der Waals surface area contributed by atoms with Gasteiger partial charge in [0.15, 0.2) is 22.4 Å². The number of Topliss-reactive ketones (excluding diaryl/α,β-unsaturated/α-hetero) is 1. The van der Waals surface area contributed by atoms with Gasteiger partial charge in [0.25, 0.3) is 0 Å². The number of carbonyl (C=O) groups excluding carboxylic acids is 1. The zero-order valence-electron chi connectivity index (χ0n) is 20.6. The van der Waals surface area contributed by atoms with E-state index in [-0.39, 0.29) is 11.5 Å². The van der Waals surface area contributed by atoms with Crippen molar-refractivity contribution in [3.63, 3.8) is 0 Å². The lowest BCUT2D eigenvalue weighted by Gasteiger charge is -2.57. The lowest BCUT2D eigenvalue weighted by atomic mass is 9.48. The maximum atomic E-state index is 13.4. The van der Waals surface area contributed by atoms with Gasteiger partial charge in [-0.3, -0.25) is 4.79 Å². The minimum Gasteiger partial charge on any atom is -0.414 e. The third-order valence-corrected chi connectivity index (χ3v) is 10.8. The van der Waals surface area contributed by atoms with E-state index in [2.05, 4.69) is 59.2 Å². The Labute approximate surface area is 186 Å². The van der Waals surface area contributed by atoms with Crippen LogP contribution >= 0.6 is 0 Å². The number of ketones is 1. The summed E-state index contributed by atoms with van der Waals surface area (Å²) >= 11 is 0. The number of allylic oxidation sites excluding steroid dienone is 1. The van der Waals surface area contributed by atoms with Gasteiger partial charge in [-0.15, -0.1) is 0 Å². The van der Waals surface area contributed by atoms with E-state index in [9.17, 15) is 4.79 Å². The normalized spacial score (nSPS) is 44.2. The summed E-state index contributed by atoms with van der Waals surface area (Å²) in [6.07, 6.45) is 10.8. The average molecular weight is 449 g/mol. The highest BCUT2D eigenvalue weighted by Gasteiger charge is 2.61. The molecule has 0 amide bonds. The molecule has 0 N–H and O–H groups in total. The zero-order chi connectivity index (χ0) is 22.1. The van der Waals surface area contributed by atoms with E-state index in [1.165, 1.54) is 19.3 Å². The van der Waals surface area contributed by atoms with Crippen molar-refractivity contribution in [3.05, 3.63) is 11.6 Å². The van der Waals surface area contributed by atoms with Crippen LogP contribution in [-0.4, -0.2) is 34.6 Å². The van der Waals surface area contributed by atoms with E-state index in [1.807, 2.05) is 0 Å². The van der Waals surface area contributed by atoms with E-state index >= 15 is 0 Å². The van der Waals surface area contributed by atoms with Crippen LogP contribution in [0.4, 0.5) is 0 Å². The molecule has 3 fully saturated rings. The molecule has 4 aliphatic carbocycles. The SMILES string of the molecule is C[C@]12CCC(O[Si](C)(C)C)CC1=CC[C@@H]1[C@@H]2CC[C@]2(C)C(=O)C(O[Si](C)(C)C)C[C@@H]12. The summed E-state index contributed by atoms with van der Waals surface area (Å²) in [5.41, 5.74) is 1.82. The summed E-state index contributed by atoms with van der Waals surface area (Å²) in [4.78, 5) is 13.4. The molecule has 0 spiro atoms. The minimum absolute atomic E-state index is 0.149. The zero-order valence-corrected chi connectivity index (χ0v) is 22.6. The van der Waals surface area contributed by atoms with Crippen LogP contribution < -0.4 is 0 Å². The van der Waals surface area contributed by atoms with E-state index in [0.717, 1.165) is 31.6 Å². The second kappa shape index (κ2) is 7.39. The van der Waals surface area contributed by atoms with E-state index in [4.69, 9.17) is 8.85 Å². The first-order valence-corrected chi connectivity index (χ1v) is 19.1. The second-order valence-corrected chi connectivity index (χ2v) is 22.1. The van der Waals surface area contributed by atoms with Gasteiger partial charge in [-0.1, -0.05) is 25.5 Å². The third-order valence-electron chi connectivity index (χ3n) is 8.79. The van der Waals surface area contributed by atoms with Crippen LogP contribution in [0.15, 0.2) is 11.6 Å². The molecule has 0 bridgehead atoms. The molecule has 0 aromatic rings. The van der Waals surface area contributed by atoms with Crippen molar-refractivity contribution in [1.29, 1.82) is 0 Å². The van der Waals surface area contributed by atoms with E-state index in [0.29, 0.717) is 29.1 Å². The summed E-state index contributed by atoms with van der Waals surface area (Å²) in [6.45, 7) is 18.4. The number of hydrogen-bond acceptors (Lipinski definition) is 3. The highest BCUT2D eigenvalue weighted by molar-refractivity contribution is 6.70. The van der Waals surface area contributed by atoms with Crippen LogP contribution in [0.3, 0.4) is 0 Å². The summed E-state index contributed by atoms with van der Waals surface area (Å²) in [6, 6.07) is 0. The third kappa shape index (κ3) is 3.97. The molecule has 3 saturated carbocycles. The fourth-order valence-corrected chi connectivity index (χ4v) is 9.78. The summed E-state index contributed by atoms with van der Waals surface area (Å²) < 4.78 is 12.9. The molecule has 0 heterocycles. The first-order valence-electron chi connectivity index (χ1n) is 12.3. The number of rotatable bonds is 4. The Balaban J connectivity index is 1.56. The predicted octanol–water partition coefficient (Wildman–Crippen LogP) is 6.57. The van der Waals surface area contributed by atoms with Gasteiger partial charge >= 0.3 is 0 Å². The molecule has 30 heavy (non-hydrogen) atoms. The summed E-state index contributed by atoms with van der Waals surface area (Å²) in [5.74, 6) is 2.28. The second-order valence-electron chi connectivity index (χ2n) is 13.1. The van der Waals surface area contributed by atoms with Crippen molar-refractivity contribution in [2.45, 2.75) is 110 Å². The molecule has 7 atom stereocenters. The highest BCUT2D eigenvalue weighted by Crippen LogP contribution is 2.64. The van der Waals surface area contributed by atoms with Crippen LogP contribution in [0, 0.1) is 28.6 Å². The Morgan fingerprint density at radius 1 is 0.900 bits per heavy atom. The predicted molar refractivity (Wildman–Crippen MR) is 129 cm³/mol. The van der Waals surface area contributed by atoms with Crippen molar-refractivity contribution >= 4 is 22.4 Å².